The summed E-state index contributed by atoms with van der Waals surface area (Å²) in [6, 6.07) is 17.8. The van der Waals surface area contributed by atoms with Gasteiger partial charge in [-0.1, -0.05) is 30.3 Å². The molecule has 142 valence electrons. The summed E-state index contributed by atoms with van der Waals surface area (Å²) in [5.41, 5.74) is 3.70. The van der Waals surface area contributed by atoms with E-state index < -0.39 is 0 Å². The highest BCUT2D eigenvalue weighted by Gasteiger charge is 2.27. The number of nitriles is 1. The van der Waals surface area contributed by atoms with Crippen LogP contribution < -0.4 is 0 Å². The minimum absolute atomic E-state index is 0.128. The molecular formula is C23H24N4O. The lowest BCUT2D eigenvalue weighted by molar-refractivity contribution is 0.0689. The molecule has 5 nitrogen and oxygen atoms in total. The van der Waals surface area contributed by atoms with Crippen LogP contribution >= 0.6 is 0 Å². The number of rotatable bonds is 5. The molecule has 1 aromatic heterocycles. The van der Waals surface area contributed by atoms with Crippen LogP contribution in [0, 0.1) is 11.3 Å². The Morgan fingerprint density at radius 3 is 2.54 bits per heavy atom. The number of ketones is 1. The van der Waals surface area contributed by atoms with Crippen molar-refractivity contribution in [3.8, 4) is 6.07 Å². The van der Waals surface area contributed by atoms with Gasteiger partial charge in [-0.25, -0.2) is 0 Å². The van der Waals surface area contributed by atoms with Gasteiger partial charge in [0.15, 0.2) is 5.78 Å². The fraction of sp³-hybridized carbons (Fsp3) is 0.304. The Hall–Kier alpha value is -2.94. The van der Waals surface area contributed by atoms with Crippen LogP contribution in [0.2, 0.25) is 0 Å². The van der Waals surface area contributed by atoms with Crippen molar-refractivity contribution in [2.45, 2.75) is 19.5 Å². The van der Waals surface area contributed by atoms with Gasteiger partial charge in [0.1, 0.15) is 0 Å². The molecule has 4 rings (SSSR count). The van der Waals surface area contributed by atoms with Gasteiger partial charge in [-0.15, -0.1) is 0 Å². The van der Waals surface area contributed by atoms with E-state index >= 15 is 0 Å². The summed E-state index contributed by atoms with van der Waals surface area (Å²) in [6.45, 7) is 6.53. The minimum Gasteiger partial charge on any atom is -0.360 e. The summed E-state index contributed by atoms with van der Waals surface area (Å²) < 4.78 is 0. The van der Waals surface area contributed by atoms with Crippen molar-refractivity contribution in [1.82, 2.24) is 14.8 Å². The molecule has 28 heavy (non-hydrogen) atoms. The lowest BCUT2D eigenvalue weighted by atomic mass is 10.0. The second-order valence-electron chi connectivity index (χ2n) is 7.41. The standard InChI is InChI=1S/C23H24N4O/c1-17(23(28)21-15-25-22-5-3-2-4-20(21)22)27-12-10-26(11-13-27)16-19-8-6-18(14-24)7-9-19/h2-9,15,17,25H,10-13,16H2,1H3. The molecule has 1 aliphatic rings. The molecular weight excluding hydrogens is 348 g/mol. The number of nitrogens with zero attached hydrogens (tertiary/aromatic N) is 3. The number of nitrogens with one attached hydrogen (secondary N) is 1. The van der Waals surface area contributed by atoms with Crippen LogP contribution in [0.4, 0.5) is 0 Å². The Morgan fingerprint density at radius 2 is 1.82 bits per heavy atom. The fourth-order valence-corrected chi connectivity index (χ4v) is 3.92. The van der Waals surface area contributed by atoms with E-state index in [9.17, 15) is 4.79 Å². The predicted molar refractivity (Wildman–Crippen MR) is 110 cm³/mol. The first-order valence-corrected chi connectivity index (χ1v) is 9.71. The zero-order chi connectivity index (χ0) is 19.5. The highest BCUT2D eigenvalue weighted by atomic mass is 16.1. The average molecular weight is 372 g/mol. The number of benzene rings is 2. The van der Waals surface area contributed by atoms with Crippen molar-refractivity contribution in [3.63, 3.8) is 0 Å². The Balaban J connectivity index is 1.36. The van der Waals surface area contributed by atoms with E-state index in [1.807, 2.05) is 61.7 Å². The van der Waals surface area contributed by atoms with Gasteiger partial charge in [-0.05, 0) is 30.7 Å². The van der Waals surface area contributed by atoms with E-state index in [2.05, 4.69) is 20.9 Å². The van der Waals surface area contributed by atoms with Crippen molar-refractivity contribution in [1.29, 1.82) is 5.26 Å². The number of para-hydroxylation sites is 1. The smallest absolute Gasteiger partial charge is 0.181 e. The fourth-order valence-electron chi connectivity index (χ4n) is 3.92. The third-order valence-electron chi connectivity index (χ3n) is 5.68. The van der Waals surface area contributed by atoms with Gasteiger partial charge >= 0.3 is 0 Å². The molecule has 1 fully saturated rings. The third-order valence-corrected chi connectivity index (χ3v) is 5.68. The second kappa shape index (κ2) is 7.97. The first-order chi connectivity index (χ1) is 13.7. The summed E-state index contributed by atoms with van der Waals surface area (Å²) in [6.07, 6.45) is 1.84. The maximum Gasteiger partial charge on any atom is 0.181 e. The topological polar surface area (TPSA) is 63.1 Å². The molecule has 0 radical (unpaired) electrons. The molecule has 2 aromatic carbocycles. The normalized spacial score (nSPS) is 16.7. The van der Waals surface area contributed by atoms with Crippen LogP contribution in [0.15, 0.2) is 54.7 Å². The molecule has 3 aromatic rings. The Labute approximate surface area is 165 Å². The third kappa shape index (κ3) is 3.70. The minimum atomic E-state index is -0.128. The number of hydrogen-bond donors (Lipinski definition) is 1. The van der Waals surface area contributed by atoms with Crippen molar-refractivity contribution in [3.05, 3.63) is 71.4 Å². The Morgan fingerprint density at radius 1 is 1.11 bits per heavy atom. The summed E-state index contributed by atoms with van der Waals surface area (Å²) >= 11 is 0. The molecule has 1 saturated heterocycles. The maximum atomic E-state index is 13.1. The molecule has 0 amide bonds. The van der Waals surface area contributed by atoms with Gasteiger partial charge in [0.2, 0.25) is 0 Å². The van der Waals surface area contributed by atoms with Gasteiger partial charge < -0.3 is 4.98 Å². The number of carbonyl (C=O) groups is 1. The van der Waals surface area contributed by atoms with E-state index in [1.54, 1.807) is 0 Å². The number of fused-ring (bicyclic) bond motifs is 1. The van der Waals surface area contributed by atoms with Crippen LogP contribution in [0.25, 0.3) is 10.9 Å². The molecule has 5 heteroatoms. The summed E-state index contributed by atoms with van der Waals surface area (Å²) in [4.78, 5) is 20.9. The summed E-state index contributed by atoms with van der Waals surface area (Å²) in [7, 11) is 0. The van der Waals surface area contributed by atoms with Gasteiger partial charge in [0, 0.05) is 55.4 Å². The average Bonchev–Trinajstić information content (AvgIpc) is 3.18. The van der Waals surface area contributed by atoms with Gasteiger partial charge in [0.05, 0.1) is 17.7 Å². The lowest BCUT2D eigenvalue weighted by Gasteiger charge is -2.37. The van der Waals surface area contributed by atoms with Gasteiger partial charge in [-0.3, -0.25) is 14.6 Å². The van der Waals surface area contributed by atoms with Crippen LogP contribution in [-0.4, -0.2) is 52.8 Å². The Kier molecular flexibility index (Phi) is 5.25. The van der Waals surface area contributed by atoms with Crippen LogP contribution in [0.5, 0.6) is 0 Å². The number of H-pyrrole nitrogens is 1. The van der Waals surface area contributed by atoms with Crippen molar-refractivity contribution in [2.75, 3.05) is 26.2 Å². The molecule has 1 N–H and O–H groups in total. The van der Waals surface area contributed by atoms with E-state index in [1.165, 1.54) is 5.56 Å². The predicted octanol–water partition coefficient (Wildman–Crippen LogP) is 3.43. The quantitative estimate of drug-likeness (QED) is 0.697. The van der Waals surface area contributed by atoms with Crippen LogP contribution in [-0.2, 0) is 6.54 Å². The molecule has 1 unspecified atom stereocenters. The molecule has 0 aliphatic carbocycles. The van der Waals surface area contributed by atoms with Gasteiger partial charge in [-0.2, -0.15) is 5.26 Å². The van der Waals surface area contributed by atoms with Crippen molar-refractivity contribution >= 4 is 16.7 Å². The SMILES string of the molecule is CC(C(=O)c1c[nH]c2ccccc12)N1CCN(Cc2ccc(C#N)cc2)CC1. The number of Topliss-reactive ketones (excluding diaryl/α,β-unsaturated/α-hetero) is 1. The van der Waals surface area contributed by atoms with E-state index in [0.717, 1.165) is 49.2 Å². The van der Waals surface area contributed by atoms with Crippen LogP contribution in [0.3, 0.4) is 0 Å². The summed E-state index contributed by atoms with van der Waals surface area (Å²) in [5, 5.41) is 9.91. The summed E-state index contributed by atoms with van der Waals surface area (Å²) in [5.74, 6) is 0.179. The lowest BCUT2D eigenvalue weighted by Crippen LogP contribution is -2.51. The van der Waals surface area contributed by atoms with Crippen molar-refractivity contribution in [2.24, 2.45) is 0 Å². The zero-order valence-corrected chi connectivity index (χ0v) is 16.1. The van der Waals surface area contributed by atoms with E-state index in [4.69, 9.17) is 5.26 Å². The Bertz CT molecular complexity index is 1010. The number of carbonyl (C=O) groups excluding carboxylic acids is 1. The molecule has 1 atom stereocenters. The first-order valence-electron chi connectivity index (χ1n) is 9.71. The zero-order valence-electron chi connectivity index (χ0n) is 16.1. The molecule has 1 aliphatic heterocycles. The largest absolute Gasteiger partial charge is 0.360 e. The molecule has 0 saturated carbocycles. The maximum absolute atomic E-state index is 13.1. The van der Waals surface area contributed by atoms with Crippen LogP contribution in [0.1, 0.15) is 28.4 Å². The highest BCUT2D eigenvalue weighted by molar-refractivity contribution is 6.10. The van der Waals surface area contributed by atoms with E-state index in [-0.39, 0.29) is 11.8 Å². The molecule has 0 spiro atoms. The monoisotopic (exact) mass is 372 g/mol. The number of hydrogen-bond acceptors (Lipinski definition) is 4. The van der Waals surface area contributed by atoms with Gasteiger partial charge in [0.25, 0.3) is 0 Å². The highest BCUT2D eigenvalue weighted by Crippen LogP contribution is 2.21. The number of piperazine rings is 1. The molecule has 2 heterocycles. The second-order valence-corrected chi connectivity index (χ2v) is 7.41. The van der Waals surface area contributed by atoms with E-state index in [0.29, 0.717) is 5.56 Å². The number of aromatic amines is 1. The first kappa shape index (κ1) is 18.4. The molecule has 0 bridgehead atoms. The number of aromatic nitrogens is 1. The van der Waals surface area contributed by atoms with Crippen molar-refractivity contribution < 1.29 is 4.79 Å².